The average Bonchev–Trinajstić information content (AvgIpc) is 3.25. The molecular weight excluding hydrogens is 451 g/mol. The number of hydrogen-bond donors (Lipinski definition) is 2. The first kappa shape index (κ1) is 23.4. The number of rotatable bonds is 4. The Kier molecular flexibility index (Phi) is 6.33. The number of carbonyl (C=O) groups excluding carboxylic acids is 3. The molecule has 4 rings (SSSR count). The number of nitrogens with zero attached hydrogens (tertiary/aromatic N) is 3. The van der Waals surface area contributed by atoms with Crippen molar-refractivity contribution >= 4 is 17.8 Å². The van der Waals surface area contributed by atoms with E-state index in [9.17, 15) is 28.7 Å². The molecule has 12 heteroatoms. The highest BCUT2D eigenvalue weighted by molar-refractivity contribution is 6.32. The second-order valence-corrected chi connectivity index (χ2v) is 7.94. The van der Waals surface area contributed by atoms with E-state index in [1.54, 1.807) is 6.92 Å². The highest BCUT2D eigenvalue weighted by Crippen LogP contribution is 2.37. The zero-order valence-electron chi connectivity index (χ0n) is 18.4. The number of likely N-dealkylation sites (tertiary alicyclic amines) is 1. The van der Waals surface area contributed by atoms with Crippen LogP contribution in [0.15, 0.2) is 29.1 Å². The fourth-order valence-electron chi connectivity index (χ4n) is 4.10. The highest BCUT2D eigenvalue weighted by atomic mass is 19.1. The molecule has 1 saturated heterocycles. The van der Waals surface area contributed by atoms with Crippen LogP contribution in [-0.4, -0.2) is 63.6 Å². The van der Waals surface area contributed by atoms with Gasteiger partial charge in [-0.1, -0.05) is 12.1 Å². The lowest BCUT2D eigenvalue weighted by atomic mass is 9.99. The van der Waals surface area contributed by atoms with E-state index in [2.05, 4.69) is 10.3 Å². The van der Waals surface area contributed by atoms with E-state index in [0.29, 0.717) is 5.56 Å². The number of halogens is 1. The lowest BCUT2D eigenvalue weighted by Gasteiger charge is -2.35. The van der Waals surface area contributed by atoms with Crippen molar-refractivity contribution in [2.45, 2.75) is 32.0 Å². The molecule has 2 amide bonds. The third-order valence-electron chi connectivity index (χ3n) is 5.80. The fraction of sp³-hybridized carbons (Fsp3) is 0.409. The summed E-state index contributed by atoms with van der Waals surface area (Å²) < 4.78 is 25.0. The summed E-state index contributed by atoms with van der Waals surface area (Å²) in [5, 5.41) is 12.9. The molecule has 180 valence electrons. The first-order valence-corrected chi connectivity index (χ1v) is 10.7. The summed E-state index contributed by atoms with van der Waals surface area (Å²) in [5.41, 5.74) is -1.92. The van der Waals surface area contributed by atoms with Gasteiger partial charge in [-0.2, -0.15) is 0 Å². The van der Waals surface area contributed by atoms with Gasteiger partial charge in [0.1, 0.15) is 17.2 Å². The van der Waals surface area contributed by atoms with Gasteiger partial charge >= 0.3 is 11.9 Å². The molecule has 2 N–H and O–H groups in total. The Labute approximate surface area is 193 Å². The Morgan fingerprint density at radius 1 is 1.26 bits per heavy atom. The van der Waals surface area contributed by atoms with Crippen LogP contribution in [0.1, 0.15) is 35.2 Å². The van der Waals surface area contributed by atoms with Crippen molar-refractivity contribution in [1.29, 1.82) is 0 Å². The summed E-state index contributed by atoms with van der Waals surface area (Å²) in [5.74, 6) is -3.78. The van der Waals surface area contributed by atoms with Crippen LogP contribution in [0.5, 0.6) is 5.75 Å². The zero-order valence-corrected chi connectivity index (χ0v) is 18.4. The van der Waals surface area contributed by atoms with Gasteiger partial charge in [0, 0.05) is 19.5 Å². The maximum atomic E-state index is 13.1. The largest absolute Gasteiger partial charge is 0.501 e. The van der Waals surface area contributed by atoms with Crippen molar-refractivity contribution < 1.29 is 33.4 Å². The van der Waals surface area contributed by atoms with Crippen LogP contribution in [0.2, 0.25) is 0 Å². The molecule has 1 aromatic heterocycles. The van der Waals surface area contributed by atoms with Crippen LogP contribution < -0.4 is 10.9 Å². The number of ether oxygens (including phenoxy) is 2. The smallest absolute Gasteiger partial charge is 0.397 e. The molecule has 11 nitrogen and oxygen atoms in total. The molecule has 1 unspecified atom stereocenters. The standard InChI is InChI=1S/C22H23FN4O7/c1-2-33-20(32)19(31)26-8-7-22(12-26)21-25-15(16(28)18(30)27(21)9-10-34-22)17(29)24-11-13-3-5-14(23)6-4-13/h3-6,28H,2,7-12H2,1H3,(H,24,29). The van der Waals surface area contributed by atoms with Crippen molar-refractivity contribution in [3.05, 3.63) is 57.5 Å². The predicted molar refractivity (Wildman–Crippen MR) is 113 cm³/mol. The normalized spacial score (nSPS) is 19.1. The molecule has 0 bridgehead atoms. The van der Waals surface area contributed by atoms with Gasteiger partial charge < -0.3 is 24.8 Å². The van der Waals surface area contributed by atoms with Gasteiger partial charge in [0.15, 0.2) is 5.69 Å². The topological polar surface area (TPSA) is 140 Å². The number of carbonyl (C=O) groups is 3. The quantitative estimate of drug-likeness (QED) is 0.468. The van der Waals surface area contributed by atoms with E-state index in [-0.39, 0.29) is 51.6 Å². The van der Waals surface area contributed by atoms with Crippen molar-refractivity contribution in [2.24, 2.45) is 0 Å². The van der Waals surface area contributed by atoms with Gasteiger partial charge in [-0.3, -0.25) is 19.0 Å². The summed E-state index contributed by atoms with van der Waals surface area (Å²) in [6.07, 6.45) is 0.228. The van der Waals surface area contributed by atoms with Crippen LogP contribution in [0.3, 0.4) is 0 Å². The number of nitrogens with one attached hydrogen (secondary N) is 1. The summed E-state index contributed by atoms with van der Waals surface area (Å²) in [6.45, 7) is 1.95. The van der Waals surface area contributed by atoms with Crippen LogP contribution in [-0.2, 0) is 37.8 Å². The number of benzene rings is 1. The van der Waals surface area contributed by atoms with Crippen molar-refractivity contribution in [3.63, 3.8) is 0 Å². The van der Waals surface area contributed by atoms with E-state index in [1.807, 2.05) is 0 Å². The maximum absolute atomic E-state index is 13.1. The van der Waals surface area contributed by atoms with Gasteiger partial charge in [0.05, 0.1) is 26.3 Å². The van der Waals surface area contributed by atoms with Crippen molar-refractivity contribution in [3.8, 4) is 5.75 Å². The van der Waals surface area contributed by atoms with Crippen molar-refractivity contribution in [2.75, 3.05) is 26.3 Å². The Morgan fingerprint density at radius 3 is 2.71 bits per heavy atom. The monoisotopic (exact) mass is 474 g/mol. The Balaban J connectivity index is 1.61. The molecule has 2 aliphatic heterocycles. The second-order valence-electron chi connectivity index (χ2n) is 7.94. The summed E-state index contributed by atoms with van der Waals surface area (Å²) in [6, 6.07) is 5.46. The van der Waals surface area contributed by atoms with Gasteiger partial charge in [0.2, 0.25) is 5.75 Å². The molecule has 1 aromatic carbocycles. The number of amides is 2. The van der Waals surface area contributed by atoms with Gasteiger partial charge in [-0.15, -0.1) is 0 Å². The van der Waals surface area contributed by atoms with E-state index >= 15 is 0 Å². The number of hydrogen-bond acceptors (Lipinski definition) is 8. The van der Waals surface area contributed by atoms with Gasteiger partial charge in [-0.05, 0) is 24.6 Å². The Morgan fingerprint density at radius 2 is 2.00 bits per heavy atom. The van der Waals surface area contributed by atoms with Crippen LogP contribution in [0.25, 0.3) is 0 Å². The molecule has 2 aromatic rings. The molecule has 3 heterocycles. The lowest BCUT2D eigenvalue weighted by molar-refractivity contribution is -0.160. The van der Waals surface area contributed by atoms with Crippen LogP contribution in [0, 0.1) is 5.82 Å². The van der Waals surface area contributed by atoms with E-state index in [1.165, 1.54) is 33.7 Å². The lowest BCUT2D eigenvalue weighted by Crippen LogP contribution is -2.48. The molecule has 34 heavy (non-hydrogen) atoms. The van der Waals surface area contributed by atoms with E-state index < -0.39 is 46.2 Å². The molecule has 0 aliphatic carbocycles. The Bertz CT molecular complexity index is 1200. The van der Waals surface area contributed by atoms with E-state index in [0.717, 1.165) is 0 Å². The second kappa shape index (κ2) is 9.21. The van der Waals surface area contributed by atoms with Crippen molar-refractivity contribution in [1.82, 2.24) is 19.8 Å². The number of aromatic nitrogens is 2. The first-order chi connectivity index (χ1) is 16.3. The van der Waals surface area contributed by atoms with Crippen LogP contribution >= 0.6 is 0 Å². The molecule has 1 fully saturated rings. The SMILES string of the molecule is CCOC(=O)C(=O)N1CCC2(C1)OCCn1c2nc(C(=O)NCc2ccc(F)cc2)c(O)c1=O. The third-order valence-corrected chi connectivity index (χ3v) is 5.80. The molecule has 0 radical (unpaired) electrons. The minimum absolute atomic E-state index is 0.0160. The number of aromatic hydroxyl groups is 1. The third kappa shape index (κ3) is 4.23. The zero-order chi connectivity index (χ0) is 24.5. The predicted octanol–water partition coefficient (Wildman–Crippen LogP) is 0.0389. The minimum Gasteiger partial charge on any atom is -0.501 e. The highest BCUT2D eigenvalue weighted by Gasteiger charge is 2.49. The van der Waals surface area contributed by atoms with Gasteiger partial charge in [0.25, 0.3) is 11.5 Å². The summed E-state index contributed by atoms with van der Waals surface area (Å²) in [7, 11) is 0. The number of fused-ring (bicyclic) bond motifs is 2. The average molecular weight is 474 g/mol. The summed E-state index contributed by atoms with van der Waals surface area (Å²) >= 11 is 0. The first-order valence-electron chi connectivity index (χ1n) is 10.7. The maximum Gasteiger partial charge on any atom is 0.397 e. The molecule has 0 saturated carbocycles. The van der Waals surface area contributed by atoms with E-state index in [4.69, 9.17) is 9.47 Å². The van der Waals surface area contributed by atoms with Gasteiger partial charge in [-0.25, -0.2) is 14.2 Å². The fourth-order valence-corrected chi connectivity index (χ4v) is 4.10. The molecule has 2 aliphatic rings. The minimum atomic E-state index is -1.22. The van der Waals surface area contributed by atoms with Crippen LogP contribution in [0.4, 0.5) is 4.39 Å². The Hall–Kier alpha value is -3.80. The molecule has 1 spiro atoms. The molecule has 1 atom stereocenters. The summed E-state index contributed by atoms with van der Waals surface area (Å²) in [4.78, 5) is 55.4. The number of esters is 1. The molecular formula is C22H23FN4O7.